The van der Waals surface area contributed by atoms with Gasteiger partial charge in [-0.1, -0.05) is 11.6 Å². The van der Waals surface area contributed by atoms with E-state index in [9.17, 15) is 9.59 Å². The monoisotopic (exact) mass is 319 g/mol. The number of carbonyl (C=O) groups is 2. The molecule has 0 spiro atoms. The number of likely N-dealkylation sites (tertiary alicyclic amines) is 1. The number of hydrogen-bond acceptors (Lipinski definition) is 4. The van der Waals surface area contributed by atoms with Gasteiger partial charge in [-0.05, 0) is 38.3 Å². The normalized spacial score (nSPS) is 17.7. The lowest BCUT2D eigenvalue weighted by Crippen LogP contribution is -2.51. The highest BCUT2D eigenvalue weighted by atomic mass is 16.5. The molecule has 2 rings (SSSR count). The summed E-state index contributed by atoms with van der Waals surface area (Å²) in [4.78, 5) is 26.7. The maximum absolute atomic E-state index is 13.0. The van der Waals surface area contributed by atoms with Crippen LogP contribution in [0.2, 0.25) is 0 Å². The first-order valence-electron chi connectivity index (χ1n) is 8.04. The summed E-state index contributed by atoms with van der Waals surface area (Å²) in [6, 6.07) is 5.08. The molecule has 126 valence electrons. The minimum Gasteiger partial charge on any atom is -0.491 e. The summed E-state index contributed by atoms with van der Waals surface area (Å²) < 4.78 is 5.60. The number of nitrogens with two attached hydrogens (primary N) is 1. The van der Waals surface area contributed by atoms with Crippen molar-refractivity contribution >= 4 is 11.8 Å². The van der Waals surface area contributed by atoms with E-state index < -0.39 is 6.04 Å². The van der Waals surface area contributed by atoms with E-state index in [1.165, 1.54) is 0 Å². The van der Waals surface area contributed by atoms with Gasteiger partial charge < -0.3 is 20.7 Å². The average molecular weight is 319 g/mol. The van der Waals surface area contributed by atoms with Gasteiger partial charge in [0.2, 0.25) is 5.91 Å². The Morgan fingerprint density at radius 2 is 2.17 bits per heavy atom. The Labute approximate surface area is 137 Å². The fraction of sp³-hybridized carbons (Fsp3) is 0.529. The van der Waals surface area contributed by atoms with Crippen molar-refractivity contribution in [3.63, 3.8) is 0 Å². The fourth-order valence-electron chi connectivity index (χ4n) is 2.87. The topological polar surface area (TPSA) is 84.7 Å². The number of aryl methyl sites for hydroxylation is 1. The van der Waals surface area contributed by atoms with Crippen molar-refractivity contribution in [2.75, 3.05) is 26.7 Å². The van der Waals surface area contributed by atoms with Crippen LogP contribution >= 0.6 is 0 Å². The lowest BCUT2D eigenvalue weighted by atomic mass is 9.99. The van der Waals surface area contributed by atoms with Crippen LogP contribution in [0.4, 0.5) is 0 Å². The van der Waals surface area contributed by atoms with Gasteiger partial charge in [0, 0.05) is 20.1 Å². The van der Waals surface area contributed by atoms with Crippen molar-refractivity contribution in [2.24, 2.45) is 5.73 Å². The lowest BCUT2D eigenvalue weighted by molar-refractivity contribution is -0.126. The van der Waals surface area contributed by atoms with Gasteiger partial charge in [-0.2, -0.15) is 0 Å². The molecule has 6 nitrogen and oxygen atoms in total. The smallest absolute Gasteiger partial charge is 0.258 e. The molecular formula is C17H25N3O3. The summed E-state index contributed by atoms with van der Waals surface area (Å²) >= 11 is 0. The number of rotatable bonds is 5. The quantitative estimate of drug-likeness (QED) is 0.850. The molecule has 0 bridgehead atoms. The highest BCUT2D eigenvalue weighted by molar-refractivity contribution is 6.00. The molecule has 1 aliphatic heterocycles. The second kappa shape index (κ2) is 7.97. The average Bonchev–Trinajstić information content (AvgIpc) is 2.59. The maximum Gasteiger partial charge on any atom is 0.258 e. The molecule has 1 unspecified atom stereocenters. The molecule has 23 heavy (non-hydrogen) atoms. The number of likely N-dealkylation sites (N-methyl/N-ethyl adjacent to an activating group) is 1. The number of benzene rings is 1. The number of carbonyl (C=O) groups excluding carboxylic acids is 2. The zero-order valence-electron chi connectivity index (χ0n) is 13.8. The summed E-state index contributed by atoms with van der Waals surface area (Å²) in [5, 5.41) is 2.65. The molecule has 1 atom stereocenters. The van der Waals surface area contributed by atoms with E-state index in [0.29, 0.717) is 37.4 Å². The molecule has 2 amide bonds. The van der Waals surface area contributed by atoms with Gasteiger partial charge in [0.1, 0.15) is 18.4 Å². The predicted octanol–water partition coefficient (Wildman–Crippen LogP) is 1.07. The van der Waals surface area contributed by atoms with Crippen molar-refractivity contribution in [3.8, 4) is 5.75 Å². The number of piperidine rings is 1. The molecular weight excluding hydrogens is 294 g/mol. The van der Waals surface area contributed by atoms with Gasteiger partial charge in [0.25, 0.3) is 5.91 Å². The standard InChI is InChI=1S/C17H25N3O3/c1-12-6-7-15(23-10-8-18)13(11-12)17(22)20-9-4-3-5-14(20)16(21)19-2/h6-7,11,14H,3-5,8-10,18H2,1-2H3,(H,19,21). The number of nitrogens with zero attached hydrogens (tertiary/aromatic N) is 1. The Bertz CT molecular complexity index is 574. The van der Waals surface area contributed by atoms with Crippen LogP contribution in [-0.2, 0) is 4.79 Å². The number of ether oxygens (including phenoxy) is 1. The minimum atomic E-state index is -0.413. The number of hydrogen-bond donors (Lipinski definition) is 2. The van der Waals surface area contributed by atoms with E-state index in [2.05, 4.69) is 5.32 Å². The van der Waals surface area contributed by atoms with Crippen molar-refractivity contribution in [2.45, 2.75) is 32.2 Å². The van der Waals surface area contributed by atoms with E-state index in [1.807, 2.05) is 19.1 Å². The van der Waals surface area contributed by atoms with Crippen molar-refractivity contribution in [3.05, 3.63) is 29.3 Å². The van der Waals surface area contributed by atoms with Crippen LogP contribution in [-0.4, -0.2) is 49.5 Å². The molecule has 1 aromatic rings. The van der Waals surface area contributed by atoms with Gasteiger partial charge in [-0.3, -0.25) is 9.59 Å². The molecule has 1 fully saturated rings. The summed E-state index contributed by atoms with van der Waals surface area (Å²) in [7, 11) is 1.60. The summed E-state index contributed by atoms with van der Waals surface area (Å²) in [6.45, 7) is 3.24. The molecule has 6 heteroatoms. The molecule has 0 aliphatic carbocycles. The van der Waals surface area contributed by atoms with Crippen molar-refractivity contribution in [1.82, 2.24) is 10.2 Å². The Morgan fingerprint density at radius 3 is 2.87 bits per heavy atom. The number of nitrogens with one attached hydrogen (secondary N) is 1. The Hall–Kier alpha value is -2.08. The fourth-order valence-corrected chi connectivity index (χ4v) is 2.87. The van der Waals surface area contributed by atoms with Gasteiger partial charge in [-0.25, -0.2) is 0 Å². The second-order valence-corrected chi connectivity index (χ2v) is 5.76. The van der Waals surface area contributed by atoms with E-state index >= 15 is 0 Å². The lowest BCUT2D eigenvalue weighted by Gasteiger charge is -2.34. The first kappa shape index (κ1) is 17.3. The third-order valence-corrected chi connectivity index (χ3v) is 4.05. The van der Waals surface area contributed by atoms with Gasteiger partial charge >= 0.3 is 0 Å². The van der Waals surface area contributed by atoms with Crippen molar-refractivity contribution < 1.29 is 14.3 Å². The third kappa shape index (κ3) is 4.01. The summed E-state index contributed by atoms with van der Waals surface area (Å²) in [5.74, 6) is 0.247. The SMILES string of the molecule is CNC(=O)C1CCCCN1C(=O)c1cc(C)ccc1OCCN. The molecule has 1 aliphatic rings. The van der Waals surface area contributed by atoms with E-state index in [4.69, 9.17) is 10.5 Å². The molecule has 1 saturated heterocycles. The van der Waals surface area contributed by atoms with Crippen LogP contribution < -0.4 is 15.8 Å². The molecule has 0 saturated carbocycles. The van der Waals surface area contributed by atoms with Gasteiger partial charge in [0.15, 0.2) is 0 Å². The maximum atomic E-state index is 13.0. The molecule has 1 heterocycles. The van der Waals surface area contributed by atoms with Gasteiger partial charge in [0.05, 0.1) is 5.56 Å². The Kier molecular flexibility index (Phi) is 5.98. The minimum absolute atomic E-state index is 0.116. The van der Waals surface area contributed by atoms with Crippen LogP contribution in [0.15, 0.2) is 18.2 Å². The van der Waals surface area contributed by atoms with Crippen LogP contribution in [0.25, 0.3) is 0 Å². The van der Waals surface area contributed by atoms with Gasteiger partial charge in [-0.15, -0.1) is 0 Å². The van der Waals surface area contributed by atoms with Crippen LogP contribution in [0.3, 0.4) is 0 Å². The number of amides is 2. The largest absolute Gasteiger partial charge is 0.491 e. The van der Waals surface area contributed by atoms with E-state index in [0.717, 1.165) is 18.4 Å². The molecule has 0 radical (unpaired) electrons. The summed E-state index contributed by atoms with van der Waals surface area (Å²) in [5.41, 5.74) is 6.95. The Balaban J connectivity index is 2.30. The zero-order valence-corrected chi connectivity index (χ0v) is 13.8. The van der Waals surface area contributed by atoms with Crippen LogP contribution in [0.5, 0.6) is 5.75 Å². The van der Waals surface area contributed by atoms with E-state index in [-0.39, 0.29) is 11.8 Å². The molecule has 1 aromatic carbocycles. The first-order valence-corrected chi connectivity index (χ1v) is 8.04. The molecule has 3 N–H and O–H groups in total. The first-order chi connectivity index (χ1) is 11.1. The highest BCUT2D eigenvalue weighted by Crippen LogP contribution is 2.26. The predicted molar refractivity (Wildman–Crippen MR) is 88.5 cm³/mol. The van der Waals surface area contributed by atoms with Crippen molar-refractivity contribution in [1.29, 1.82) is 0 Å². The Morgan fingerprint density at radius 1 is 1.39 bits per heavy atom. The highest BCUT2D eigenvalue weighted by Gasteiger charge is 2.33. The zero-order chi connectivity index (χ0) is 16.8. The summed E-state index contributed by atoms with van der Waals surface area (Å²) in [6.07, 6.45) is 2.55. The van der Waals surface area contributed by atoms with Crippen LogP contribution in [0.1, 0.15) is 35.2 Å². The van der Waals surface area contributed by atoms with E-state index in [1.54, 1.807) is 18.0 Å². The third-order valence-electron chi connectivity index (χ3n) is 4.05. The second-order valence-electron chi connectivity index (χ2n) is 5.76. The molecule has 0 aromatic heterocycles. The van der Waals surface area contributed by atoms with Crippen LogP contribution in [0, 0.1) is 6.92 Å².